The molecule has 0 aliphatic carbocycles. The van der Waals surface area contributed by atoms with Crippen molar-refractivity contribution in [1.82, 2.24) is 5.32 Å². The van der Waals surface area contributed by atoms with Crippen molar-refractivity contribution in [1.29, 1.82) is 0 Å². The minimum atomic E-state index is 0.270. The first kappa shape index (κ1) is 12.3. The van der Waals surface area contributed by atoms with E-state index in [-0.39, 0.29) is 6.61 Å². The van der Waals surface area contributed by atoms with E-state index in [1.807, 2.05) is 18.8 Å². The molecule has 1 rings (SSSR count). The molecule has 0 amide bonds. The molecule has 1 heterocycles. The predicted octanol–water partition coefficient (Wildman–Crippen LogP) is 0.869. The lowest BCUT2D eigenvalue weighted by molar-refractivity contribution is 0.129. The first-order chi connectivity index (χ1) is 6.86. The third-order valence-electron chi connectivity index (χ3n) is 2.53. The van der Waals surface area contributed by atoms with E-state index in [1.54, 1.807) is 0 Å². The Kier molecular flexibility index (Phi) is 6.60. The molecule has 0 radical (unpaired) electrons. The van der Waals surface area contributed by atoms with Crippen molar-refractivity contribution < 1.29 is 9.84 Å². The molecule has 0 aromatic rings. The molecule has 2 N–H and O–H groups in total. The van der Waals surface area contributed by atoms with Crippen molar-refractivity contribution in [2.75, 3.05) is 31.8 Å². The lowest BCUT2D eigenvalue weighted by Crippen LogP contribution is -2.29. The average Bonchev–Trinajstić information content (AvgIpc) is 2.69. The van der Waals surface area contributed by atoms with Crippen LogP contribution in [0.4, 0.5) is 0 Å². The molecule has 2 atom stereocenters. The molecule has 0 bridgehead atoms. The van der Waals surface area contributed by atoms with Gasteiger partial charge in [-0.1, -0.05) is 0 Å². The van der Waals surface area contributed by atoms with Crippen molar-refractivity contribution in [2.24, 2.45) is 0 Å². The van der Waals surface area contributed by atoms with Crippen molar-refractivity contribution in [3.8, 4) is 0 Å². The second kappa shape index (κ2) is 7.51. The molecule has 1 saturated heterocycles. The highest BCUT2D eigenvalue weighted by Gasteiger charge is 2.15. The van der Waals surface area contributed by atoms with Gasteiger partial charge in [-0.15, -0.1) is 0 Å². The van der Waals surface area contributed by atoms with Gasteiger partial charge < -0.3 is 15.2 Å². The Balaban J connectivity index is 2.00. The van der Waals surface area contributed by atoms with Crippen LogP contribution < -0.4 is 5.32 Å². The normalized spacial score (nSPS) is 24.0. The largest absolute Gasteiger partial charge is 0.396 e. The molecular formula is C10H21NO2S. The molecule has 1 aliphatic heterocycles. The van der Waals surface area contributed by atoms with Gasteiger partial charge in [0.2, 0.25) is 0 Å². The first-order valence-corrected chi connectivity index (χ1v) is 6.49. The molecule has 2 unspecified atom stereocenters. The van der Waals surface area contributed by atoms with Gasteiger partial charge in [-0.2, -0.15) is 11.8 Å². The number of aliphatic hydroxyl groups is 1. The van der Waals surface area contributed by atoms with Crippen molar-refractivity contribution in [2.45, 2.75) is 31.4 Å². The Labute approximate surface area is 90.6 Å². The summed E-state index contributed by atoms with van der Waals surface area (Å²) in [4.78, 5) is 0. The van der Waals surface area contributed by atoms with E-state index < -0.39 is 0 Å². The predicted molar refractivity (Wildman–Crippen MR) is 60.8 cm³/mol. The molecule has 0 saturated carbocycles. The lowest BCUT2D eigenvalue weighted by atomic mass is 10.2. The monoisotopic (exact) mass is 219 g/mol. The highest BCUT2D eigenvalue weighted by Crippen LogP contribution is 2.17. The van der Waals surface area contributed by atoms with Gasteiger partial charge in [-0.05, 0) is 26.3 Å². The number of aliphatic hydroxyl groups excluding tert-OH is 1. The summed E-state index contributed by atoms with van der Waals surface area (Å²) in [6.45, 7) is 1.21. The summed E-state index contributed by atoms with van der Waals surface area (Å²) in [5.41, 5.74) is 0. The Bertz CT molecular complexity index is 140. The Hall–Kier alpha value is 0.230. The maximum atomic E-state index is 8.80. The lowest BCUT2D eigenvalue weighted by Gasteiger charge is -2.15. The van der Waals surface area contributed by atoms with E-state index in [9.17, 15) is 0 Å². The number of hydrogen-bond acceptors (Lipinski definition) is 4. The minimum absolute atomic E-state index is 0.270. The van der Waals surface area contributed by atoms with Gasteiger partial charge in [-0.3, -0.25) is 0 Å². The van der Waals surface area contributed by atoms with E-state index in [0.717, 1.165) is 24.5 Å². The number of thioether (sulfide) groups is 1. The molecule has 0 spiro atoms. The summed E-state index contributed by atoms with van der Waals surface area (Å²) >= 11 is 1.92. The number of nitrogens with one attached hydrogen (secondary N) is 1. The molecule has 1 aliphatic rings. The molecule has 0 aromatic heterocycles. The maximum absolute atomic E-state index is 8.80. The van der Waals surface area contributed by atoms with Crippen molar-refractivity contribution in [3.63, 3.8) is 0 Å². The van der Waals surface area contributed by atoms with Gasteiger partial charge in [0.05, 0.1) is 6.10 Å². The van der Waals surface area contributed by atoms with Crippen LogP contribution >= 0.6 is 11.8 Å². The zero-order valence-corrected chi connectivity index (χ0v) is 9.68. The highest BCUT2D eigenvalue weighted by atomic mass is 32.2. The maximum Gasteiger partial charge on any atom is 0.0666 e. The number of ether oxygens (including phenoxy) is 1. The van der Waals surface area contributed by atoms with E-state index in [1.165, 1.54) is 12.8 Å². The average molecular weight is 219 g/mol. The van der Waals surface area contributed by atoms with Crippen LogP contribution in [-0.2, 0) is 4.74 Å². The quantitative estimate of drug-likeness (QED) is 0.667. The van der Waals surface area contributed by atoms with E-state index in [0.29, 0.717) is 12.1 Å². The molecule has 14 heavy (non-hydrogen) atoms. The van der Waals surface area contributed by atoms with E-state index in [2.05, 4.69) is 5.32 Å². The standard InChI is InChI=1S/C10H21NO2S/c1-11-9(4-5-12)7-14-8-10-3-2-6-13-10/h9-12H,2-8H2,1H3. The van der Waals surface area contributed by atoms with Crippen LogP contribution in [0, 0.1) is 0 Å². The third kappa shape index (κ3) is 4.64. The highest BCUT2D eigenvalue weighted by molar-refractivity contribution is 7.99. The molecule has 84 valence electrons. The molecule has 0 aromatic carbocycles. The van der Waals surface area contributed by atoms with E-state index >= 15 is 0 Å². The second-order valence-corrected chi connectivity index (χ2v) is 4.75. The zero-order chi connectivity index (χ0) is 10.2. The SMILES string of the molecule is CNC(CCO)CSCC1CCCO1. The van der Waals surface area contributed by atoms with Gasteiger partial charge in [0, 0.05) is 30.8 Å². The van der Waals surface area contributed by atoms with Gasteiger partial charge in [0.25, 0.3) is 0 Å². The Morgan fingerprint density at radius 3 is 3.07 bits per heavy atom. The Morgan fingerprint density at radius 2 is 2.50 bits per heavy atom. The van der Waals surface area contributed by atoms with Gasteiger partial charge >= 0.3 is 0 Å². The van der Waals surface area contributed by atoms with E-state index in [4.69, 9.17) is 9.84 Å². The third-order valence-corrected chi connectivity index (χ3v) is 3.78. The number of hydrogen-bond donors (Lipinski definition) is 2. The number of rotatable bonds is 7. The van der Waals surface area contributed by atoms with Crippen LogP contribution in [0.3, 0.4) is 0 Å². The van der Waals surface area contributed by atoms with Crippen molar-refractivity contribution >= 4 is 11.8 Å². The molecular weight excluding hydrogens is 198 g/mol. The van der Waals surface area contributed by atoms with Crippen LogP contribution in [0.5, 0.6) is 0 Å². The van der Waals surface area contributed by atoms with Gasteiger partial charge in [0.1, 0.15) is 0 Å². The summed E-state index contributed by atoms with van der Waals surface area (Å²) in [5, 5.41) is 12.0. The summed E-state index contributed by atoms with van der Waals surface area (Å²) in [6.07, 6.45) is 3.76. The van der Waals surface area contributed by atoms with Crippen LogP contribution in [0.1, 0.15) is 19.3 Å². The first-order valence-electron chi connectivity index (χ1n) is 5.34. The summed E-state index contributed by atoms with van der Waals surface area (Å²) < 4.78 is 5.54. The van der Waals surface area contributed by atoms with Gasteiger partial charge in [0.15, 0.2) is 0 Å². The Morgan fingerprint density at radius 1 is 1.64 bits per heavy atom. The fourth-order valence-electron chi connectivity index (χ4n) is 1.58. The van der Waals surface area contributed by atoms with Crippen LogP contribution in [-0.4, -0.2) is 49.0 Å². The zero-order valence-electron chi connectivity index (χ0n) is 8.87. The van der Waals surface area contributed by atoms with Crippen LogP contribution in [0.2, 0.25) is 0 Å². The van der Waals surface area contributed by atoms with Crippen LogP contribution in [0.15, 0.2) is 0 Å². The topological polar surface area (TPSA) is 41.5 Å². The van der Waals surface area contributed by atoms with Crippen LogP contribution in [0.25, 0.3) is 0 Å². The molecule has 3 nitrogen and oxygen atoms in total. The molecule has 4 heteroatoms. The fourth-order valence-corrected chi connectivity index (χ4v) is 2.86. The summed E-state index contributed by atoms with van der Waals surface area (Å²) in [6, 6.07) is 0.436. The smallest absolute Gasteiger partial charge is 0.0666 e. The summed E-state index contributed by atoms with van der Waals surface area (Å²) in [5.74, 6) is 2.17. The summed E-state index contributed by atoms with van der Waals surface area (Å²) in [7, 11) is 1.95. The minimum Gasteiger partial charge on any atom is -0.396 e. The van der Waals surface area contributed by atoms with Gasteiger partial charge in [-0.25, -0.2) is 0 Å². The fraction of sp³-hybridized carbons (Fsp3) is 1.00. The molecule has 1 fully saturated rings. The second-order valence-electron chi connectivity index (χ2n) is 3.67. The van der Waals surface area contributed by atoms with Crippen molar-refractivity contribution in [3.05, 3.63) is 0 Å².